The van der Waals surface area contributed by atoms with E-state index in [4.69, 9.17) is 0 Å². The predicted octanol–water partition coefficient (Wildman–Crippen LogP) is 5.24. The molecule has 0 saturated heterocycles. The number of benzene rings is 2. The average Bonchev–Trinajstić information content (AvgIpc) is 3.50. The lowest BCUT2D eigenvalue weighted by Crippen LogP contribution is -2.22. The van der Waals surface area contributed by atoms with Crippen LogP contribution in [0.3, 0.4) is 0 Å². The molecule has 0 unspecified atom stereocenters. The molecule has 178 valence electrons. The van der Waals surface area contributed by atoms with E-state index in [2.05, 4.69) is 89.0 Å². The van der Waals surface area contributed by atoms with E-state index >= 15 is 0 Å². The van der Waals surface area contributed by atoms with Gasteiger partial charge in [0.1, 0.15) is 11.7 Å². The van der Waals surface area contributed by atoms with Gasteiger partial charge in [0.15, 0.2) is 0 Å². The monoisotopic (exact) mass is 446 g/mol. The quantitative estimate of drug-likeness (QED) is 0.675. The van der Waals surface area contributed by atoms with Crippen molar-refractivity contribution in [2.45, 2.75) is 75.2 Å². The molecule has 2 aromatic carbocycles. The van der Waals surface area contributed by atoms with E-state index in [1.165, 1.54) is 61.2 Å². The Kier molecular flexibility index (Phi) is 7.99. The maximum atomic E-state index is 4.50. The maximum Gasteiger partial charge on any atom is 0.101 e. The molecule has 2 aliphatic rings. The molecule has 0 fully saturated rings. The zero-order valence-corrected chi connectivity index (χ0v) is 22.2. The fourth-order valence-corrected chi connectivity index (χ4v) is 4.87. The van der Waals surface area contributed by atoms with Crippen molar-refractivity contribution in [3.63, 3.8) is 0 Å². The van der Waals surface area contributed by atoms with Crippen molar-refractivity contribution >= 4 is 11.7 Å². The highest BCUT2D eigenvalue weighted by Gasteiger charge is 2.15. The SMILES string of the molecule is Cc1c(C)c(C)c(CC2=NCCN2)c(C)c1C.Cc1cc(C)c(C)c(CC2=NCCN2)c1C. The van der Waals surface area contributed by atoms with Gasteiger partial charge in [-0.2, -0.15) is 0 Å². The lowest BCUT2D eigenvalue weighted by molar-refractivity contribution is 0.951. The first-order valence-corrected chi connectivity index (χ1v) is 12.3. The van der Waals surface area contributed by atoms with Crippen molar-refractivity contribution in [2.24, 2.45) is 9.98 Å². The largest absolute Gasteiger partial charge is 0.372 e. The van der Waals surface area contributed by atoms with Crippen LogP contribution in [0.1, 0.15) is 61.2 Å². The van der Waals surface area contributed by atoms with Crippen LogP contribution in [0.2, 0.25) is 0 Å². The van der Waals surface area contributed by atoms with Crippen LogP contribution in [0.15, 0.2) is 16.1 Å². The number of aryl methyl sites for hydroxylation is 2. The Morgan fingerprint density at radius 2 is 0.909 bits per heavy atom. The Morgan fingerprint density at radius 3 is 1.27 bits per heavy atom. The number of hydrogen-bond donors (Lipinski definition) is 2. The maximum absolute atomic E-state index is 4.50. The van der Waals surface area contributed by atoms with Gasteiger partial charge < -0.3 is 10.6 Å². The number of aliphatic imine (C=N–C) groups is 2. The molecular weight excluding hydrogens is 404 g/mol. The highest BCUT2D eigenvalue weighted by Crippen LogP contribution is 2.26. The fourth-order valence-electron chi connectivity index (χ4n) is 4.87. The Hall–Kier alpha value is -2.62. The van der Waals surface area contributed by atoms with Gasteiger partial charge in [-0.15, -0.1) is 0 Å². The molecule has 2 aliphatic heterocycles. The molecule has 4 nitrogen and oxygen atoms in total. The van der Waals surface area contributed by atoms with Gasteiger partial charge in [-0.1, -0.05) is 6.07 Å². The summed E-state index contributed by atoms with van der Waals surface area (Å²) in [6, 6.07) is 2.28. The molecule has 2 heterocycles. The van der Waals surface area contributed by atoms with Gasteiger partial charge in [0.2, 0.25) is 0 Å². The highest BCUT2D eigenvalue weighted by molar-refractivity contribution is 5.87. The zero-order chi connectivity index (χ0) is 24.3. The highest BCUT2D eigenvalue weighted by atomic mass is 15.1. The summed E-state index contributed by atoms with van der Waals surface area (Å²) < 4.78 is 0. The summed E-state index contributed by atoms with van der Waals surface area (Å²) in [5.74, 6) is 2.30. The number of hydrogen-bond acceptors (Lipinski definition) is 4. The number of rotatable bonds is 4. The van der Waals surface area contributed by atoms with Crippen LogP contribution in [0.25, 0.3) is 0 Å². The molecule has 0 aliphatic carbocycles. The third-order valence-electron chi connectivity index (χ3n) is 7.85. The lowest BCUT2D eigenvalue weighted by Gasteiger charge is -2.18. The average molecular weight is 447 g/mol. The summed E-state index contributed by atoms with van der Waals surface area (Å²) in [6.45, 7) is 23.8. The van der Waals surface area contributed by atoms with E-state index in [1.54, 1.807) is 0 Å². The molecule has 0 saturated carbocycles. The second-order valence-electron chi connectivity index (χ2n) is 9.71. The summed E-state index contributed by atoms with van der Waals surface area (Å²) in [4.78, 5) is 8.98. The second-order valence-corrected chi connectivity index (χ2v) is 9.71. The van der Waals surface area contributed by atoms with Crippen molar-refractivity contribution in [1.29, 1.82) is 0 Å². The van der Waals surface area contributed by atoms with E-state index in [0.717, 1.165) is 50.7 Å². The van der Waals surface area contributed by atoms with E-state index in [1.807, 2.05) is 0 Å². The smallest absolute Gasteiger partial charge is 0.101 e. The third kappa shape index (κ3) is 5.48. The molecule has 0 aromatic heterocycles. The molecule has 4 rings (SSSR count). The van der Waals surface area contributed by atoms with Gasteiger partial charge in [-0.3, -0.25) is 9.98 Å². The summed E-state index contributed by atoms with van der Waals surface area (Å²) in [5, 5.41) is 6.71. The Morgan fingerprint density at radius 1 is 0.545 bits per heavy atom. The molecule has 2 N–H and O–H groups in total. The molecule has 2 aromatic rings. The number of nitrogens with one attached hydrogen (secondary N) is 2. The van der Waals surface area contributed by atoms with Crippen molar-refractivity contribution < 1.29 is 0 Å². The molecule has 33 heavy (non-hydrogen) atoms. The van der Waals surface area contributed by atoms with Crippen LogP contribution in [0, 0.1) is 62.3 Å². The van der Waals surface area contributed by atoms with Crippen LogP contribution in [0.4, 0.5) is 0 Å². The standard InChI is InChI=1S/C15H22N2.C14H20N2/c1-9-10(2)12(4)14(13(5)11(9)3)8-15-16-6-7-17-15;1-9-7-10(2)12(4)13(11(9)3)8-14-15-5-6-16-14/h6-8H2,1-5H3,(H,16,17);7H,5-6,8H2,1-4H3,(H,15,16). The topological polar surface area (TPSA) is 48.8 Å². The van der Waals surface area contributed by atoms with E-state index in [9.17, 15) is 0 Å². The van der Waals surface area contributed by atoms with E-state index in [0.29, 0.717) is 0 Å². The molecule has 0 amide bonds. The minimum absolute atomic E-state index is 0.928. The number of nitrogens with zero attached hydrogens (tertiary/aromatic N) is 2. The molecule has 0 bridgehead atoms. The summed E-state index contributed by atoms with van der Waals surface area (Å²) in [5.41, 5.74) is 15.7. The van der Waals surface area contributed by atoms with Gasteiger partial charge >= 0.3 is 0 Å². The molecule has 4 heteroatoms. The summed E-state index contributed by atoms with van der Waals surface area (Å²) in [6.07, 6.45) is 1.92. The molecular formula is C29H42N4. The zero-order valence-electron chi connectivity index (χ0n) is 22.2. The van der Waals surface area contributed by atoms with Gasteiger partial charge in [0.25, 0.3) is 0 Å². The Bertz CT molecular complexity index is 1050. The molecule has 0 atom stereocenters. The lowest BCUT2D eigenvalue weighted by atomic mass is 9.88. The van der Waals surface area contributed by atoms with Crippen LogP contribution in [0.5, 0.6) is 0 Å². The van der Waals surface area contributed by atoms with Gasteiger partial charge in [0.05, 0.1) is 13.1 Å². The summed E-state index contributed by atoms with van der Waals surface area (Å²) in [7, 11) is 0. The van der Waals surface area contributed by atoms with Gasteiger partial charge in [-0.05, 0) is 124 Å². The van der Waals surface area contributed by atoms with Crippen molar-refractivity contribution in [1.82, 2.24) is 10.6 Å². The van der Waals surface area contributed by atoms with E-state index < -0.39 is 0 Å². The third-order valence-corrected chi connectivity index (χ3v) is 7.85. The first-order valence-electron chi connectivity index (χ1n) is 12.3. The predicted molar refractivity (Wildman–Crippen MR) is 144 cm³/mol. The fraction of sp³-hybridized carbons (Fsp3) is 0.517. The van der Waals surface area contributed by atoms with Crippen LogP contribution < -0.4 is 10.6 Å². The minimum atomic E-state index is 0.928. The molecule has 0 radical (unpaired) electrons. The molecule has 0 spiro atoms. The second kappa shape index (κ2) is 10.5. The normalized spacial score (nSPS) is 14.8. The van der Waals surface area contributed by atoms with Crippen LogP contribution in [-0.4, -0.2) is 37.9 Å². The van der Waals surface area contributed by atoms with Crippen molar-refractivity contribution in [2.75, 3.05) is 26.2 Å². The Balaban J connectivity index is 0.000000186. The summed E-state index contributed by atoms with van der Waals surface area (Å²) >= 11 is 0. The first-order chi connectivity index (χ1) is 15.6. The van der Waals surface area contributed by atoms with Crippen molar-refractivity contribution in [3.05, 3.63) is 67.3 Å². The van der Waals surface area contributed by atoms with E-state index in [-0.39, 0.29) is 0 Å². The number of amidine groups is 2. The first kappa shape index (κ1) is 25.0. The van der Waals surface area contributed by atoms with Gasteiger partial charge in [0, 0.05) is 25.9 Å². The van der Waals surface area contributed by atoms with Gasteiger partial charge in [-0.25, -0.2) is 0 Å². The Labute approximate surface area is 201 Å². The van der Waals surface area contributed by atoms with Crippen LogP contribution in [-0.2, 0) is 12.8 Å². The van der Waals surface area contributed by atoms with Crippen molar-refractivity contribution in [3.8, 4) is 0 Å². The minimum Gasteiger partial charge on any atom is -0.372 e. The van der Waals surface area contributed by atoms with Crippen LogP contribution >= 0.6 is 0 Å².